The lowest BCUT2D eigenvalue weighted by molar-refractivity contribution is -0.136. The highest BCUT2D eigenvalue weighted by atomic mass is 16.6. The summed E-state index contributed by atoms with van der Waals surface area (Å²) in [5.74, 6) is -2.15. The molecule has 0 radical (unpaired) electrons. The number of hydrogen-bond donors (Lipinski definition) is 2. The van der Waals surface area contributed by atoms with Gasteiger partial charge in [0.05, 0.1) is 123 Å². The van der Waals surface area contributed by atoms with Crippen molar-refractivity contribution < 1.29 is 61.8 Å². The largest absolute Gasteiger partial charge is 0.382 e. The van der Waals surface area contributed by atoms with Gasteiger partial charge in [-0.3, -0.25) is 29.4 Å². The van der Waals surface area contributed by atoms with Gasteiger partial charge in [0.2, 0.25) is 11.8 Å². The highest BCUT2D eigenvalue weighted by molar-refractivity contribution is 6.25. The second-order valence-electron chi connectivity index (χ2n) is 14.6. The number of carbonyl (C=O) groups is 4. The summed E-state index contributed by atoms with van der Waals surface area (Å²) in [4.78, 5) is 50.9. The molecule has 2 aliphatic rings. The Morgan fingerprint density at radius 2 is 0.950 bits per heavy atom. The Morgan fingerprint density at radius 1 is 0.533 bits per heavy atom. The summed E-state index contributed by atoms with van der Waals surface area (Å²) in [7, 11) is 0. The quantitative estimate of drug-likeness (QED) is 0.0667. The molecule has 16 heteroatoms. The Labute approximate surface area is 357 Å². The molecule has 1 saturated heterocycles. The fraction of sp³-hybridized carbons (Fsp3) is 0.773. The number of hydrogen-bond acceptors (Lipinski definition) is 14. The molecule has 342 valence electrons. The maximum atomic E-state index is 13.2. The van der Waals surface area contributed by atoms with Gasteiger partial charge in [0.25, 0.3) is 11.8 Å². The number of benzene rings is 1. The number of imide groups is 2. The molecule has 0 aromatic heterocycles. The molecule has 0 spiro atoms. The number of fused-ring (bicyclic) bond motifs is 1. The normalized spacial score (nSPS) is 15.3. The van der Waals surface area contributed by atoms with Crippen LogP contribution >= 0.6 is 0 Å². The zero-order valence-corrected chi connectivity index (χ0v) is 36.2. The molecule has 1 aromatic carbocycles. The molecule has 2 N–H and O–H groups in total. The molecular weight excluding hydrogens is 778 g/mol. The van der Waals surface area contributed by atoms with Crippen LogP contribution in [-0.2, 0) is 52.2 Å². The number of piperidine rings is 1. The van der Waals surface area contributed by atoms with Crippen LogP contribution < -0.4 is 10.6 Å². The predicted octanol–water partition coefficient (Wildman–Crippen LogP) is 4.96. The van der Waals surface area contributed by atoms with E-state index in [-0.39, 0.29) is 24.0 Å². The minimum absolute atomic E-state index is 0.0684. The molecule has 2 heterocycles. The SMILES string of the molecule is CCCCCCCCCCCCCOCCOCCOCCOCCOCCOCCOCCOCCOCCNc1cccc2c1C(=O)N(C1CCC(=O)NC1=O)C2=O. The Bertz CT molecular complexity index is 1320. The number of rotatable bonds is 41. The first-order chi connectivity index (χ1) is 29.5. The van der Waals surface area contributed by atoms with E-state index in [1.54, 1.807) is 18.2 Å². The van der Waals surface area contributed by atoms with Crippen molar-refractivity contribution in [3.05, 3.63) is 29.3 Å². The minimum Gasteiger partial charge on any atom is -0.382 e. The van der Waals surface area contributed by atoms with E-state index in [0.717, 1.165) is 17.9 Å². The van der Waals surface area contributed by atoms with Crippen LogP contribution in [0.4, 0.5) is 5.69 Å². The van der Waals surface area contributed by atoms with Crippen molar-refractivity contribution in [3.63, 3.8) is 0 Å². The zero-order chi connectivity index (χ0) is 42.7. The average molecular weight is 852 g/mol. The van der Waals surface area contributed by atoms with Crippen molar-refractivity contribution in [3.8, 4) is 0 Å². The van der Waals surface area contributed by atoms with Gasteiger partial charge >= 0.3 is 0 Å². The second-order valence-corrected chi connectivity index (χ2v) is 14.6. The van der Waals surface area contributed by atoms with Gasteiger partial charge in [0, 0.05) is 25.3 Å². The summed E-state index contributed by atoms with van der Waals surface area (Å²) in [6.45, 7) is 11.7. The molecule has 0 aliphatic carbocycles. The van der Waals surface area contributed by atoms with Crippen LogP contribution in [0.1, 0.15) is 111 Å². The summed E-state index contributed by atoms with van der Waals surface area (Å²) in [5, 5.41) is 5.34. The van der Waals surface area contributed by atoms with Crippen LogP contribution in [0.15, 0.2) is 18.2 Å². The lowest BCUT2D eigenvalue weighted by atomic mass is 10.0. The van der Waals surface area contributed by atoms with Gasteiger partial charge in [-0.15, -0.1) is 0 Å². The number of anilines is 1. The Morgan fingerprint density at radius 3 is 1.40 bits per heavy atom. The summed E-state index contributed by atoms with van der Waals surface area (Å²) in [6.07, 6.45) is 14.9. The van der Waals surface area contributed by atoms with E-state index >= 15 is 0 Å². The van der Waals surface area contributed by atoms with Crippen LogP contribution in [0.5, 0.6) is 0 Å². The van der Waals surface area contributed by atoms with E-state index in [2.05, 4.69) is 17.6 Å². The summed E-state index contributed by atoms with van der Waals surface area (Å²) in [5.41, 5.74) is 0.919. The minimum atomic E-state index is -1.01. The lowest BCUT2D eigenvalue weighted by Gasteiger charge is -2.27. The molecule has 2 aliphatic heterocycles. The molecule has 60 heavy (non-hydrogen) atoms. The van der Waals surface area contributed by atoms with E-state index in [1.807, 2.05) is 0 Å². The fourth-order valence-electron chi connectivity index (χ4n) is 6.65. The average Bonchev–Trinajstić information content (AvgIpc) is 3.50. The van der Waals surface area contributed by atoms with Crippen molar-refractivity contribution >= 4 is 29.3 Å². The lowest BCUT2D eigenvalue weighted by Crippen LogP contribution is -2.54. The van der Waals surface area contributed by atoms with Crippen LogP contribution in [-0.4, -0.2) is 160 Å². The van der Waals surface area contributed by atoms with Crippen molar-refractivity contribution in [1.82, 2.24) is 10.2 Å². The van der Waals surface area contributed by atoms with E-state index in [0.29, 0.717) is 125 Å². The van der Waals surface area contributed by atoms with Gasteiger partial charge in [-0.25, -0.2) is 0 Å². The zero-order valence-electron chi connectivity index (χ0n) is 36.2. The first kappa shape index (κ1) is 51.3. The molecule has 16 nitrogen and oxygen atoms in total. The number of ether oxygens (including phenoxy) is 9. The Balaban J connectivity index is 0.975. The predicted molar refractivity (Wildman–Crippen MR) is 225 cm³/mol. The Hall–Kier alpha value is -3.06. The first-order valence-corrected chi connectivity index (χ1v) is 22.3. The van der Waals surface area contributed by atoms with E-state index < -0.39 is 29.7 Å². The molecule has 4 amide bonds. The van der Waals surface area contributed by atoms with Gasteiger partial charge < -0.3 is 47.9 Å². The van der Waals surface area contributed by atoms with Crippen molar-refractivity contribution in [2.75, 3.05) is 131 Å². The highest BCUT2D eigenvalue weighted by Gasteiger charge is 2.45. The first-order valence-electron chi connectivity index (χ1n) is 22.3. The van der Waals surface area contributed by atoms with Crippen molar-refractivity contribution in [2.45, 2.75) is 96.4 Å². The van der Waals surface area contributed by atoms with E-state index in [1.165, 1.54) is 64.2 Å². The smallest absolute Gasteiger partial charge is 0.264 e. The van der Waals surface area contributed by atoms with E-state index in [4.69, 9.17) is 42.6 Å². The van der Waals surface area contributed by atoms with Gasteiger partial charge in [-0.05, 0) is 25.0 Å². The van der Waals surface area contributed by atoms with Crippen molar-refractivity contribution in [1.29, 1.82) is 0 Å². The maximum absolute atomic E-state index is 13.2. The molecule has 0 saturated carbocycles. The topological polar surface area (TPSA) is 179 Å². The monoisotopic (exact) mass is 852 g/mol. The molecule has 1 fully saturated rings. The maximum Gasteiger partial charge on any atom is 0.264 e. The van der Waals surface area contributed by atoms with Crippen LogP contribution in [0.3, 0.4) is 0 Å². The van der Waals surface area contributed by atoms with Crippen LogP contribution in [0.25, 0.3) is 0 Å². The van der Waals surface area contributed by atoms with Gasteiger partial charge in [0.15, 0.2) is 0 Å². The third-order valence-electron chi connectivity index (χ3n) is 9.90. The molecule has 1 aromatic rings. The Kier molecular flexibility index (Phi) is 29.5. The van der Waals surface area contributed by atoms with Gasteiger partial charge in [0.1, 0.15) is 6.04 Å². The number of carbonyl (C=O) groups excluding carboxylic acids is 4. The molecule has 1 unspecified atom stereocenters. The summed E-state index contributed by atoms with van der Waals surface area (Å²) < 4.78 is 50.0. The molecule has 1 atom stereocenters. The third kappa shape index (κ3) is 22.2. The van der Waals surface area contributed by atoms with Gasteiger partial charge in [-0.2, -0.15) is 0 Å². The number of unbranched alkanes of at least 4 members (excludes halogenated alkanes) is 10. The summed E-state index contributed by atoms with van der Waals surface area (Å²) in [6, 6.07) is 3.92. The van der Waals surface area contributed by atoms with Gasteiger partial charge in [-0.1, -0.05) is 77.2 Å². The number of nitrogens with zero attached hydrogens (tertiary/aromatic N) is 1. The highest BCUT2D eigenvalue weighted by Crippen LogP contribution is 2.32. The second kappa shape index (κ2) is 34.5. The standard InChI is InChI=1S/C44H73N3O13/c1-2-3-4-5-6-7-8-9-10-11-12-19-52-21-23-54-25-27-56-29-31-58-33-35-60-36-34-59-32-30-57-28-26-55-24-22-53-20-18-45-38-15-13-14-37-41(38)44(51)47(43(37)50)39-16-17-40(48)46-42(39)49/h13-15,39,45H,2-12,16-36H2,1H3,(H,46,48,49). The fourth-order valence-corrected chi connectivity index (χ4v) is 6.65. The molecule has 0 bridgehead atoms. The molecular formula is C44H73N3O13. The third-order valence-corrected chi connectivity index (χ3v) is 9.90. The van der Waals surface area contributed by atoms with Crippen molar-refractivity contribution in [2.24, 2.45) is 0 Å². The van der Waals surface area contributed by atoms with Crippen LogP contribution in [0, 0.1) is 0 Å². The number of amides is 4. The number of nitrogens with one attached hydrogen (secondary N) is 2. The summed E-state index contributed by atoms with van der Waals surface area (Å²) >= 11 is 0. The van der Waals surface area contributed by atoms with Crippen LogP contribution in [0.2, 0.25) is 0 Å². The molecule has 3 rings (SSSR count). The van der Waals surface area contributed by atoms with E-state index in [9.17, 15) is 19.2 Å².